The molecule has 2 aromatic rings. The Hall–Kier alpha value is -4.25. The van der Waals surface area contributed by atoms with E-state index in [0.29, 0.717) is 5.56 Å². The van der Waals surface area contributed by atoms with Gasteiger partial charge in [0.15, 0.2) is 10.8 Å². The number of amides is 2. The standard InChI is InChI=1S/C22H22N6O9S2/c1-22(2)16(20(32)33)27-18(31)15(19(27)39-22)25-17(30)14(12-9-38-21(23)24-12)26-37-8-13(29)36-7-10-3-5-11(6-4-10)28(34)35/h3-6,9,15-16,19H,7-8H2,1-2H3,(H2,23,24)(H,25,30)(H,32,33)/b26-14-/t15-,16-,19+/m0/s1. The van der Waals surface area contributed by atoms with Crippen molar-refractivity contribution < 1.29 is 38.8 Å². The fraction of sp³-hybridized carbons (Fsp3) is 0.364. The Morgan fingerprint density at radius 3 is 2.59 bits per heavy atom. The lowest BCUT2D eigenvalue weighted by Crippen LogP contribution is -2.71. The first-order chi connectivity index (χ1) is 18.4. The van der Waals surface area contributed by atoms with Crippen molar-refractivity contribution in [1.29, 1.82) is 0 Å². The maximum Gasteiger partial charge on any atom is 0.347 e. The summed E-state index contributed by atoms with van der Waals surface area (Å²) >= 11 is 2.29. The van der Waals surface area contributed by atoms with Crippen LogP contribution in [0.25, 0.3) is 0 Å². The van der Waals surface area contributed by atoms with E-state index in [2.05, 4.69) is 15.5 Å². The van der Waals surface area contributed by atoms with Gasteiger partial charge in [-0.2, -0.15) is 0 Å². The largest absolute Gasteiger partial charge is 0.480 e. The van der Waals surface area contributed by atoms with E-state index in [1.165, 1.54) is 46.3 Å². The SMILES string of the molecule is CC1(C)S[C@@H]2[C@@H](NC(=O)/C(=N\OCC(=O)OCc3ccc([N+](=O)[O-])cc3)c3csc(N)n3)C(=O)N2[C@H]1C(=O)O. The fourth-order valence-corrected chi connectivity index (χ4v) is 6.20. The molecule has 2 saturated heterocycles. The maximum absolute atomic E-state index is 13.1. The number of nitro groups is 1. The van der Waals surface area contributed by atoms with Gasteiger partial charge in [0, 0.05) is 22.3 Å². The van der Waals surface area contributed by atoms with Crippen LogP contribution in [0.4, 0.5) is 10.8 Å². The lowest BCUT2D eigenvalue weighted by atomic mass is 9.96. The van der Waals surface area contributed by atoms with Crippen LogP contribution in [-0.4, -0.2) is 78.2 Å². The van der Waals surface area contributed by atoms with Crippen LogP contribution in [0.2, 0.25) is 0 Å². The summed E-state index contributed by atoms with van der Waals surface area (Å²) in [6.07, 6.45) is 0. The second-order valence-electron chi connectivity index (χ2n) is 8.92. The predicted molar refractivity (Wildman–Crippen MR) is 138 cm³/mol. The Labute approximate surface area is 228 Å². The number of nitro benzene ring substituents is 1. The number of carbonyl (C=O) groups excluding carboxylic acids is 3. The molecule has 0 spiro atoms. The zero-order valence-electron chi connectivity index (χ0n) is 20.4. The third-order valence-electron chi connectivity index (χ3n) is 5.83. The molecule has 0 aliphatic carbocycles. The summed E-state index contributed by atoms with van der Waals surface area (Å²) in [7, 11) is 0. The second-order valence-corrected chi connectivity index (χ2v) is 11.6. The number of nitrogens with one attached hydrogen (secondary N) is 1. The van der Waals surface area contributed by atoms with E-state index in [1.807, 2.05) is 0 Å². The summed E-state index contributed by atoms with van der Waals surface area (Å²) in [5.41, 5.74) is 5.76. The van der Waals surface area contributed by atoms with E-state index in [0.717, 1.165) is 11.3 Å². The van der Waals surface area contributed by atoms with Gasteiger partial charge < -0.3 is 30.6 Å². The Balaban J connectivity index is 1.38. The molecule has 1 aromatic heterocycles. The number of fused-ring (bicyclic) bond motifs is 1. The van der Waals surface area contributed by atoms with Gasteiger partial charge in [-0.3, -0.25) is 19.7 Å². The van der Waals surface area contributed by atoms with Crippen LogP contribution in [0.3, 0.4) is 0 Å². The lowest BCUT2D eigenvalue weighted by molar-refractivity contribution is -0.384. The fourth-order valence-electron chi connectivity index (χ4n) is 4.02. The van der Waals surface area contributed by atoms with Crippen LogP contribution < -0.4 is 11.1 Å². The molecule has 3 heterocycles. The molecule has 4 rings (SSSR count). The highest BCUT2D eigenvalue weighted by Gasteiger charge is 2.64. The minimum Gasteiger partial charge on any atom is -0.480 e. The van der Waals surface area contributed by atoms with Crippen LogP contribution in [0, 0.1) is 10.1 Å². The number of aromatic nitrogens is 1. The van der Waals surface area contributed by atoms with E-state index in [4.69, 9.17) is 15.3 Å². The number of hydrogen-bond donors (Lipinski definition) is 3. The molecule has 0 saturated carbocycles. The first-order valence-electron chi connectivity index (χ1n) is 11.2. The van der Waals surface area contributed by atoms with E-state index in [1.54, 1.807) is 13.8 Å². The molecule has 0 bridgehead atoms. The second kappa shape index (κ2) is 10.9. The van der Waals surface area contributed by atoms with E-state index in [9.17, 15) is 34.4 Å². The Morgan fingerprint density at radius 1 is 1.31 bits per heavy atom. The number of anilines is 1. The third kappa shape index (κ3) is 5.78. The molecule has 206 valence electrons. The Kier molecular flexibility index (Phi) is 7.73. The first kappa shape index (κ1) is 27.8. The molecule has 0 unspecified atom stereocenters. The number of nitrogen functional groups attached to an aromatic ring is 1. The molecule has 2 aliphatic rings. The van der Waals surface area contributed by atoms with Crippen molar-refractivity contribution in [3.05, 3.63) is 51.0 Å². The number of hydrogen-bond acceptors (Lipinski definition) is 13. The molecule has 2 aliphatic heterocycles. The number of nitrogens with zero attached hydrogens (tertiary/aromatic N) is 4. The van der Waals surface area contributed by atoms with Gasteiger partial charge in [0.05, 0.1) is 4.92 Å². The molecule has 15 nitrogen and oxygen atoms in total. The summed E-state index contributed by atoms with van der Waals surface area (Å²) in [4.78, 5) is 70.0. The van der Waals surface area contributed by atoms with E-state index in [-0.39, 0.29) is 28.8 Å². The molecule has 17 heteroatoms. The number of thiazole rings is 1. The van der Waals surface area contributed by atoms with Gasteiger partial charge in [-0.25, -0.2) is 14.6 Å². The molecular formula is C22H22N6O9S2. The van der Waals surface area contributed by atoms with Crippen molar-refractivity contribution in [1.82, 2.24) is 15.2 Å². The van der Waals surface area contributed by atoms with Gasteiger partial charge in [0.1, 0.15) is 29.8 Å². The zero-order valence-corrected chi connectivity index (χ0v) is 22.1. The number of rotatable bonds is 10. The first-order valence-corrected chi connectivity index (χ1v) is 13.0. The Morgan fingerprint density at radius 2 is 2.00 bits per heavy atom. The van der Waals surface area contributed by atoms with Crippen LogP contribution in [0.1, 0.15) is 25.1 Å². The van der Waals surface area contributed by atoms with Gasteiger partial charge in [-0.15, -0.1) is 23.1 Å². The van der Waals surface area contributed by atoms with Crippen LogP contribution in [-0.2, 0) is 35.4 Å². The summed E-state index contributed by atoms with van der Waals surface area (Å²) in [6, 6.07) is 3.37. The quantitative estimate of drug-likeness (QED) is 0.117. The van der Waals surface area contributed by atoms with Crippen molar-refractivity contribution in [2.24, 2.45) is 5.16 Å². The molecule has 0 radical (unpaired) electrons. The van der Waals surface area contributed by atoms with Gasteiger partial charge >= 0.3 is 11.9 Å². The van der Waals surface area contributed by atoms with Crippen LogP contribution in [0.15, 0.2) is 34.8 Å². The van der Waals surface area contributed by atoms with Crippen LogP contribution in [0.5, 0.6) is 0 Å². The number of nitrogens with two attached hydrogens (primary N) is 1. The number of aliphatic carboxylic acids is 1. The average Bonchev–Trinajstić information content (AvgIpc) is 3.42. The van der Waals surface area contributed by atoms with Crippen molar-refractivity contribution in [2.45, 2.75) is 42.7 Å². The smallest absolute Gasteiger partial charge is 0.347 e. The number of benzene rings is 1. The van der Waals surface area contributed by atoms with Gasteiger partial charge in [-0.1, -0.05) is 5.16 Å². The molecular weight excluding hydrogens is 556 g/mol. The zero-order chi connectivity index (χ0) is 28.5. The number of carboxylic acid groups (broad SMARTS) is 1. The monoisotopic (exact) mass is 578 g/mol. The molecule has 2 amide bonds. The minimum absolute atomic E-state index is 0.0423. The number of carbonyl (C=O) groups is 4. The van der Waals surface area contributed by atoms with Crippen molar-refractivity contribution in [2.75, 3.05) is 12.3 Å². The molecule has 2 fully saturated rings. The molecule has 3 atom stereocenters. The van der Waals surface area contributed by atoms with Gasteiger partial charge in [-0.05, 0) is 31.5 Å². The molecule has 1 aromatic carbocycles. The van der Waals surface area contributed by atoms with Gasteiger partial charge in [0.2, 0.25) is 12.5 Å². The van der Waals surface area contributed by atoms with Crippen molar-refractivity contribution >= 4 is 63.4 Å². The summed E-state index contributed by atoms with van der Waals surface area (Å²) in [5.74, 6) is -3.35. The topological polar surface area (TPSA) is 217 Å². The normalized spacial score (nSPS) is 21.5. The van der Waals surface area contributed by atoms with E-state index >= 15 is 0 Å². The number of ether oxygens (including phenoxy) is 1. The highest BCUT2D eigenvalue weighted by atomic mass is 32.2. The number of non-ortho nitro benzene ring substituents is 1. The van der Waals surface area contributed by atoms with E-state index < -0.39 is 57.5 Å². The van der Waals surface area contributed by atoms with Crippen molar-refractivity contribution in [3.8, 4) is 0 Å². The lowest BCUT2D eigenvalue weighted by Gasteiger charge is -2.43. The van der Waals surface area contributed by atoms with Crippen LogP contribution >= 0.6 is 23.1 Å². The number of carboxylic acids is 1. The number of oxime groups is 1. The number of β-lactam (4-membered cyclic amide) rings is 1. The van der Waals surface area contributed by atoms with Gasteiger partial charge in [0.25, 0.3) is 11.6 Å². The third-order valence-corrected chi connectivity index (χ3v) is 8.07. The summed E-state index contributed by atoms with van der Waals surface area (Å²) in [6.45, 7) is 2.57. The average molecular weight is 579 g/mol. The maximum atomic E-state index is 13.1. The number of thioether (sulfide) groups is 1. The highest BCUT2D eigenvalue weighted by Crippen LogP contribution is 2.50. The number of esters is 1. The summed E-state index contributed by atoms with van der Waals surface area (Å²) < 4.78 is 4.27. The minimum atomic E-state index is -1.14. The molecule has 39 heavy (non-hydrogen) atoms. The highest BCUT2D eigenvalue weighted by molar-refractivity contribution is 8.01. The summed E-state index contributed by atoms with van der Waals surface area (Å²) in [5, 5.41) is 27.5. The predicted octanol–water partition coefficient (Wildman–Crippen LogP) is 0.729. The Bertz CT molecular complexity index is 1360. The van der Waals surface area contributed by atoms with Crippen molar-refractivity contribution in [3.63, 3.8) is 0 Å². The molecule has 4 N–H and O–H groups in total.